The molecule has 2 aromatic rings. The number of carbonyl (C=O) groups is 2. The molecule has 1 aliphatic rings. The van der Waals surface area contributed by atoms with Crippen molar-refractivity contribution in [2.45, 2.75) is 24.8 Å². The highest BCUT2D eigenvalue weighted by Crippen LogP contribution is 2.44. The molecular weight excluding hydrogens is 332 g/mol. The van der Waals surface area contributed by atoms with Crippen LogP contribution in [0.15, 0.2) is 48.5 Å². The van der Waals surface area contributed by atoms with Crippen molar-refractivity contribution in [3.8, 4) is 17.2 Å². The zero-order valence-corrected chi connectivity index (χ0v) is 14.0. The summed E-state index contributed by atoms with van der Waals surface area (Å²) in [6.07, 6.45) is -0.714. The molecule has 0 aromatic heterocycles. The summed E-state index contributed by atoms with van der Waals surface area (Å²) in [5.74, 6) is -1.27. The molecule has 2 N–H and O–H groups in total. The molecule has 0 bridgehead atoms. The Morgan fingerprint density at radius 3 is 2.23 bits per heavy atom. The zero-order valence-electron chi connectivity index (χ0n) is 14.0. The van der Waals surface area contributed by atoms with Crippen molar-refractivity contribution >= 4 is 12.1 Å². The fraction of sp³-hybridized carbons (Fsp3) is 0.250. The number of carbonyl (C=O) groups excluding carboxylic acids is 1. The molecule has 0 saturated carbocycles. The quantitative estimate of drug-likeness (QED) is 0.833. The van der Waals surface area contributed by atoms with E-state index in [0.717, 1.165) is 22.3 Å². The summed E-state index contributed by atoms with van der Waals surface area (Å²) in [7, 11) is 0. The number of nitrogens with one attached hydrogen (secondary N) is 1. The van der Waals surface area contributed by atoms with Gasteiger partial charge in [0.2, 0.25) is 0 Å². The number of alkyl carbamates (subject to hydrolysis) is 1. The monoisotopic (exact) mass is 350 g/mol. The first-order valence-corrected chi connectivity index (χ1v) is 8.33. The zero-order chi connectivity index (χ0) is 18.5. The van der Waals surface area contributed by atoms with Crippen LogP contribution >= 0.6 is 0 Å². The van der Waals surface area contributed by atoms with Crippen LogP contribution in [0.3, 0.4) is 0 Å². The smallest absolute Gasteiger partial charge is 0.407 e. The van der Waals surface area contributed by atoms with Crippen molar-refractivity contribution in [1.29, 1.82) is 5.26 Å². The van der Waals surface area contributed by atoms with Crippen LogP contribution in [0.5, 0.6) is 0 Å². The van der Waals surface area contributed by atoms with E-state index in [9.17, 15) is 9.59 Å². The maximum Gasteiger partial charge on any atom is 0.407 e. The number of hydrogen-bond acceptors (Lipinski definition) is 4. The highest BCUT2D eigenvalue weighted by molar-refractivity contribution is 5.81. The SMILES string of the molecule is N#CCC[C@@H](NC(=O)OCC1c2ccccc2-c2ccccc21)C(=O)O. The predicted molar refractivity (Wildman–Crippen MR) is 94.5 cm³/mol. The number of amides is 1. The van der Waals surface area contributed by atoms with Gasteiger partial charge >= 0.3 is 12.1 Å². The van der Waals surface area contributed by atoms with Crippen molar-refractivity contribution in [3.05, 3.63) is 59.7 Å². The van der Waals surface area contributed by atoms with Crippen LogP contribution < -0.4 is 5.32 Å². The summed E-state index contributed by atoms with van der Waals surface area (Å²) in [6.45, 7) is 0.116. The number of hydrogen-bond donors (Lipinski definition) is 2. The van der Waals surface area contributed by atoms with Crippen molar-refractivity contribution in [3.63, 3.8) is 0 Å². The molecule has 1 amide bonds. The Morgan fingerprint density at radius 2 is 1.69 bits per heavy atom. The van der Waals surface area contributed by atoms with Gasteiger partial charge in [0.1, 0.15) is 12.6 Å². The molecule has 3 rings (SSSR count). The van der Waals surface area contributed by atoms with Crippen molar-refractivity contribution < 1.29 is 19.4 Å². The Kier molecular flexibility index (Phi) is 5.18. The van der Waals surface area contributed by atoms with E-state index in [2.05, 4.69) is 5.32 Å². The van der Waals surface area contributed by atoms with Gasteiger partial charge in [-0.3, -0.25) is 0 Å². The van der Waals surface area contributed by atoms with Gasteiger partial charge in [0.25, 0.3) is 0 Å². The molecule has 0 aliphatic heterocycles. The van der Waals surface area contributed by atoms with Crippen LogP contribution in [0.25, 0.3) is 11.1 Å². The normalized spacial score (nSPS) is 13.2. The summed E-state index contributed by atoms with van der Waals surface area (Å²) >= 11 is 0. The van der Waals surface area contributed by atoms with E-state index in [1.807, 2.05) is 54.6 Å². The molecular formula is C20H18N2O4. The Morgan fingerprint density at radius 1 is 1.12 bits per heavy atom. The molecule has 0 heterocycles. The summed E-state index contributed by atoms with van der Waals surface area (Å²) in [6, 6.07) is 16.7. The van der Waals surface area contributed by atoms with Gasteiger partial charge in [-0.15, -0.1) is 0 Å². The lowest BCUT2D eigenvalue weighted by Crippen LogP contribution is -2.41. The van der Waals surface area contributed by atoms with Gasteiger partial charge < -0.3 is 15.2 Å². The van der Waals surface area contributed by atoms with Crippen molar-refractivity contribution in [1.82, 2.24) is 5.32 Å². The number of ether oxygens (including phenoxy) is 1. The Hall–Kier alpha value is -3.33. The standard InChI is InChI=1S/C20H18N2O4/c21-11-5-10-18(19(23)24)22-20(25)26-12-17-15-8-3-1-6-13(15)14-7-2-4-9-16(14)17/h1-4,6-9,17-18H,5,10,12H2,(H,22,25)(H,23,24)/t18-/m1/s1. The largest absolute Gasteiger partial charge is 0.480 e. The van der Waals surface area contributed by atoms with Crippen LogP contribution in [0, 0.1) is 11.3 Å². The van der Waals surface area contributed by atoms with Gasteiger partial charge in [0.15, 0.2) is 0 Å². The summed E-state index contributed by atoms with van der Waals surface area (Å²) in [5, 5.41) is 20.0. The maximum absolute atomic E-state index is 12.0. The number of nitriles is 1. The molecule has 0 fully saturated rings. The molecule has 132 valence electrons. The van der Waals surface area contributed by atoms with Gasteiger partial charge in [-0.25, -0.2) is 9.59 Å². The molecule has 0 unspecified atom stereocenters. The summed E-state index contributed by atoms with van der Waals surface area (Å²) in [5.41, 5.74) is 4.41. The molecule has 6 heteroatoms. The van der Waals surface area contributed by atoms with E-state index < -0.39 is 18.1 Å². The minimum atomic E-state index is -1.19. The molecule has 0 saturated heterocycles. The average Bonchev–Trinajstić information content (AvgIpc) is 2.97. The van der Waals surface area contributed by atoms with Gasteiger partial charge in [-0.1, -0.05) is 48.5 Å². The first-order chi connectivity index (χ1) is 12.6. The third-order valence-corrected chi connectivity index (χ3v) is 4.48. The van der Waals surface area contributed by atoms with Crippen LogP contribution in [-0.2, 0) is 9.53 Å². The number of benzene rings is 2. The number of nitrogens with zero attached hydrogens (tertiary/aromatic N) is 1. The molecule has 26 heavy (non-hydrogen) atoms. The number of aliphatic carboxylic acids is 1. The maximum atomic E-state index is 12.0. The number of rotatable bonds is 6. The highest BCUT2D eigenvalue weighted by Gasteiger charge is 2.29. The lowest BCUT2D eigenvalue weighted by molar-refractivity contribution is -0.139. The molecule has 0 radical (unpaired) electrons. The minimum absolute atomic E-state index is 0.0377. The number of carboxylic acids is 1. The lowest BCUT2D eigenvalue weighted by Gasteiger charge is -2.16. The van der Waals surface area contributed by atoms with Gasteiger partial charge in [-0.05, 0) is 28.7 Å². The number of carboxylic acid groups (broad SMARTS) is 1. The lowest BCUT2D eigenvalue weighted by atomic mass is 9.98. The van der Waals surface area contributed by atoms with Crippen LogP contribution in [-0.4, -0.2) is 29.8 Å². The predicted octanol–water partition coefficient (Wildman–Crippen LogP) is 3.28. The van der Waals surface area contributed by atoms with Crippen molar-refractivity contribution in [2.75, 3.05) is 6.61 Å². The second-order valence-corrected chi connectivity index (χ2v) is 6.06. The summed E-state index contributed by atoms with van der Waals surface area (Å²) in [4.78, 5) is 23.2. The van der Waals surface area contributed by atoms with E-state index in [1.165, 1.54) is 0 Å². The second kappa shape index (κ2) is 7.70. The van der Waals surface area contributed by atoms with E-state index in [0.29, 0.717) is 0 Å². The Labute approximate surface area is 151 Å². The second-order valence-electron chi connectivity index (χ2n) is 6.06. The Balaban J connectivity index is 1.69. The van der Waals surface area contributed by atoms with Crippen LogP contribution in [0.4, 0.5) is 4.79 Å². The summed E-state index contributed by atoms with van der Waals surface area (Å²) < 4.78 is 5.30. The van der Waals surface area contributed by atoms with E-state index in [4.69, 9.17) is 15.1 Å². The molecule has 6 nitrogen and oxygen atoms in total. The fourth-order valence-corrected chi connectivity index (χ4v) is 3.25. The van der Waals surface area contributed by atoms with Crippen molar-refractivity contribution in [2.24, 2.45) is 0 Å². The fourth-order valence-electron chi connectivity index (χ4n) is 3.25. The van der Waals surface area contributed by atoms with Crippen LogP contribution in [0.2, 0.25) is 0 Å². The van der Waals surface area contributed by atoms with Crippen LogP contribution in [0.1, 0.15) is 29.9 Å². The van der Waals surface area contributed by atoms with Gasteiger partial charge in [0.05, 0.1) is 6.07 Å². The first-order valence-electron chi connectivity index (χ1n) is 8.33. The van der Waals surface area contributed by atoms with E-state index in [1.54, 1.807) is 0 Å². The first kappa shape index (κ1) is 17.5. The molecule has 1 aliphatic carbocycles. The topological polar surface area (TPSA) is 99.4 Å². The minimum Gasteiger partial charge on any atom is -0.480 e. The van der Waals surface area contributed by atoms with Gasteiger partial charge in [0, 0.05) is 12.3 Å². The molecule has 2 aromatic carbocycles. The van der Waals surface area contributed by atoms with Gasteiger partial charge in [-0.2, -0.15) is 5.26 Å². The highest BCUT2D eigenvalue weighted by atomic mass is 16.5. The third kappa shape index (κ3) is 3.52. The third-order valence-electron chi connectivity index (χ3n) is 4.48. The molecule has 1 atom stereocenters. The van der Waals surface area contributed by atoms with E-state index in [-0.39, 0.29) is 25.4 Å². The van der Waals surface area contributed by atoms with E-state index >= 15 is 0 Å². The molecule has 0 spiro atoms. The number of fused-ring (bicyclic) bond motifs is 3. The average molecular weight is 350 g/mol. The Bertz CT molecular complexity index is 827.